The number of piperidine rings is 1. The molecule has 0 aromatic heterocycles. The fraction of sp³-hybridized carbons (Fsp3) is 0.870. The van der Waals surface area contributed by atoms with Crippen LogP contribution in [0.5, 0.6) is 0 Å². The van der Waals surface area contributed by atoms with Crippen LogP contribution in [-0.2, 0) is 9.53 Å². The number of guanidine groups is 1. The highest BCUT2D eigenvalue weighted by atomic mass is 16.6. The molecule has 1 heterocycles. The predicted molar refractivity (Wildman–Crippen MR) is 124 cm³/mol. The van der Waals surface area contributed by atoms with Crippen molar-refractivity contribution in [3.8, 4) is 0 Å². The zero-order chi connectivity index (χ0) is 23.0. The predicted octanol–water partition coefficient (Wildman–Crippen LogP) is 2.98. The average molecular weight is 438 g/mol. The van der Waals surface area contributed by atoms with Crippen molar-refractivity contribution >= 4 is 18.0 Å². The first kappa shape index (κ1) is 25.3. The molecule has 0 aromatic carbocycles. The van der Waals surface area contributed by atoms with Gasteiger partial charge in [-0.1, -0.05) is 0 Å². The van der Waals surface area contributed by atoms with Gasteiger partial charge < -0.3 is 25.2 Å². The summed E-state index contributed by atoms with van der Waals surface area (Å²) in [6, 6.07) is 0.346. The van der Waals surface area contributed by atoms with Gasteiger partial charge in [-0.25, -0.2) is 4.79 Å². The molecule has 2 N–H and O–H groups in total. The smallest absolute Gasteiger partial charge is 0.410 e. The lowest BCUT2D eigenvalue weighted by Gasteiger charge is -2.40. The second-order valence-corrected chi connectivity index (χ2v) is 10.0. The number of rotatable bonds is 8. The Morgan fingerprint density at radius 1 is 1.16 bits per heavy atom. The molecule has 8 heteroatoms. The van der Waals surface area contributed by atoms with E-state index in [0.29, 0.717) is 18.9 Å². The van der Waals surface area contributed by atoms with E-state index < -0.39 is 5.60 Å². The van der Waals surface area contributed by atoms with Gasteiger partial charge >= 0.3 is 6.09 Å². The maximum atomic E-state index is 12.8. The zero-order valence-corrected chi connectivity index (χ0v) is 20.4. The highest BCUT2D eigenvalue weighted by molar-refractivity contribution is 5.81. The molecule has 0 aromatic rings. The lowest BCUT2D eigenvalue weighted by Crippen LogP contribution is -2.52. The van der Waals surface area contributed by atoms with Crippen molar-refractivity contribution in [1.29, 1.82) is 0 Å². The van der Waals surface area contributed by atoms with Crippen molar-refractivity contribution in [2.24, 2.45) is 10.9 Å². The summed E-state index contributed by atoms with van der Waals surface area (Å²) in [7, 11) is 0. The van der Waals surface area contributed by atoms with Crippen LogP contribution in [0.3, 0.4) is 0 Å². The average Bonchev–Trinajstić information content (AvgIpc) is 3.48. The summed E-state index contributed by atoms with van der Waals surface area (Å²) in [6.07, 6.45) is 4.40. The molecule has 1 saturated heterocycles. The molecule has 2 aliphatic rings. The van der Waals surface area contributed by atoms with Crippen LogP contribution in [0.1, 0.15) is 73.6 Å². The van der Waals surface area contributed by atoms with Gasteiger partial charge in [-0.3, -0.25) is 9.79 Å². The molecule has 1 saturated carbocycles. The highest BCUT2D eigenvalue weighted by Crippen LogP contribution is 2.32. The van der Waals surface area contributed by atoms with Crippen LogP contribution in [0, 0.1) is 5.92 Å². The second-order valence-electron chi connectivity index (χ2n) is 10.0. The number of aliphatic imine (C=N–C) groups is 1. The molecule has 0 unspecified atom stereocenters. The van der Waals surface area contributed by atoms with Crippen molar-refractivity contribution in [3.05, 3.63) is 0 Å². The number of amides is 2. The summed E-state index contributed by atoms with van der Waals surface area (Å²) in [4.78, 5) is 33.6. The van der Waals surface area contributed by atoms with Gasteiger partial charge in [-0.15, -0.1) is 0 Å². The van der Waals surface area contributed by atoms with Crippen LogP contribution >= 0.6 is 0 Å². The zero-order valence-electron chi connectivity index (χ0n) is 20.4. The molecule has 8 nitrogen and oxygen atoms in total. The Labute approximate surface area is 188 Å². The van der Waals surface area contributed by atoms with Gasteiger partial charge in [0.2, 0.25) is 5.91 Å². The minimum Gasteiger partial charge on any atom is -0.444 e. The number of likely N-dealkylation sites (tertiary alicyclic amines) is 1. The normalized spacial score (nSPS) is 18.2. The van der Waals surface area contributed by atoms with Crippen molar-refractivity contribution < 1.29 is 14.3 Å². The molecule has 0 spiro atoms. The van der Waals surface area contributed by atoms with E-state index in [-0.39, 0.29) is 24.1 Å². The van der Waals surface area contributed by atoms with Crippen molar-refractivity contribution in [2.75, 3.05) is 32.7 Å². The fourth-order valence-corrected chi connectivity index (χ4v) is 3.74. The number of carbonyl (C=O) groups is 2. The van der Waals surface area contributed by atoms with E-state index in [1.165, 1.54) is 12.8 Å². The molecule has 2 fully saturated rings. The standard InChI is InChI=1S/C23H43N5O3/c1-7-24-21(25-13-10-20(29)26-17(2)3)27-14-11-19(12-15-27)28(16-18-8-9-18)22(30)31-23(4,5)6/h17-19H,7-16H2,1-6H3,(H,24,25)(H,26,29). The largest absolute Gasteiger partial charge is 0.444 e. The molecular weight excluding hydrogens is 394 g/mol. The lowest BCUT2D eigenvalue weighted by molar-refractivity contribution is -0.121. The summed E-state index contributed by atoms with van der Waals surface area (Å²) >= 11 is 0. The molecule has 0 atom stereocenters. The van der Waals surface area contributed by atoms with E-state index in [1.807, 2.05) is 46.4 Å². The Morgan fingerprint density at radius 2 is 1.81 bits per heavy atom. The van der Waals surface area contributed by atoms with Gasteiger partial charge in [-0.05, 0) is 73.1 Å². The molecule has 1 aliphatic carbocycles. The minimum atomic E-state index is -0.480. The van der Waals surface area contributed by atoms with Crippen LogP contribution in [0.2, 0.25) is 0 Å². The third kappa shape index (κ3) is 9.35. The third-order valence-corrected chi connectivity index (χ3v) is 5.37. The lowest BCUT2D eigenvalue weighted by atomic mass is 10.0. The van der Waals surface area contributed by atoms with Crippen molar-refractivity contribution in [1.82, 2.24) is 20.4 Å². The SMILES string of the molecule is CCNC(=NCCC(=O)NC(C)C)N1CCC(N(CC2CC2)C(=O)OC(C)(C)C)CC1. The van der Waals surface area contributed by atoms with Crippen LogP contribution in [0.25, 0.3) is 0 Å². The number of nitrogens with zero attached hydrogens (tertiary/aromatic N) is 3. The summed E-state index contributed by atoms with van der Waals surface area (Å²) < 4.78 is 5.70. The molecule has 31 heavy (non-hydrogen) atoms. The second kappa shape index (κ2) is 11.6. The summed E-state index contributed by atoms with van der Waals surface area (Å²) in [5.74, 6) is 1.51. The Morgan fingerprint density at radius 3 is 2.32 bits per heavy atom. The van der Waals surface area contributed by atoms with Crippen LogP contribution in [0.15, 0.2) is 4.99 Å². The molecule has 1 aliphatic heterocycles. The molecule has 0 bridgehead atoms. The van der Waals surface area contributed by atoms with Crippen molar-refractivity contribution in [3.63, 3.8) is 0 Å². The summed E-state index contributed by atoms with van der Waals surface area (Å²) in [6.45, 7) is 15.4. The molecular formula is C23H43N5O3. The Kier molecular flexibility index (Phi) is 9.44. The highest BCUT2D eigenvalue weighted by Gasteiger charge is 2.35. The quantitative estimate of drug-likeness (QED) is 0.450. The fourth-order valence-electron chi connectivity index (χ4n) is 3.74. The maximum Gasteiger partial charge on any atom is 0.410 e. The van der Waals surface area contributed by atoms with Gasteiger partial charge in [0, 0.05) is 44.7 Å². The topological polar surface area (TPSA) is 86.3 Å². The van der Waals surface area contributed by atoms with Gasteiger partial charge in [0.15, 0.2) is 5.96 Å². The first-order chi connectivity index (χ1) is 14.6. The molecule has 0 radical (unpaired) electrons. The van der Waals surface area contributed by atoms with E-state index in [9.17, 15) is 9.59 Å². The first-order valence-electron chi connectivity index (χ1n) is 11.9. The van der Waals surface area contributed by atoms with Crippen molar-refractivity contribution in [2.45, 2.75) is 91.3 Å². The Bertz CT molecular complexity index is 617. The van der Waals surface area contributed by atoms with Crippen LogP contribution in [-0.4, -0.2) is 78.2 Å². The van der Waals surface area contributed by atoms with Gasteiger partial charge in [0.1, 0.15) is 5.60 Å². The Hall–Kier alpha value is -1.99. The molecule has 2 amide bonds. The number of ether oxygens (including phenoxy) is 1. The van der Waals surface area contributed by atoms with E-state index >= 15 is 0 Å². The number of hydrogen-bond donors (Lipinski definition) is 2. The summed E-state index contributed by atoms with van der Waals surface area (Å²) in [5, 5.41) is 6.25. The number of carbonyl (C=O) groups excluding carboxylic acids is 2. The van der Waals surface area contributed by atoms with E-state index in [0.717, 1.165) is 45.0 Å². The Balaban J connectivity index is 1.92. The molecule has 2 rings (SSSR count). The van der Waals surface area contributed by atoms with E-state index in [1.54, 1.807) is 0 Å². The number of nitrogens with one attached hydrogen (secondary N) is 2. The molecule has 178 valence electrons. The third-order valence-electron chi connectivity index (χ3n) is 5.37. The van der Waals surface area contributed by atoms with Crippen LogP contribution in [0.4, 0.5) is 4.79 Å². The van der Waals surface area contributed by atoms with E-state index in [4.69, 9.17) is 4.74 Å². The van der Waals surface area contributed by atoms with Gasteiger partial charge in [0.05, 0.1) is 6.54 Å². The van der Waals surface area contributed by atoms with Gasteiger partial charge in [0.25, 0.3) is 0 Å². The minimum absolute atomic E-state index is 0.0291. The monoisotopic (exact) mass is 437 g/mol. The van der Waals surface area contributed by atoms with Gasteiger partial charge in [-0.2, -0.15) is 0 Å². The summed E-state index contributed by atoms with van der Waals surface area (Å²) in [5.41, 5.74) is -0.480. The number of hydrogen-bond acceptors (Lipinski definition) is 4. The maximum absolute atomic E-state index is 12.8. The van der Waals surface area contributed by atoms with Crippen LogP contribution < -0.4 is 10.6 Å². The van der Waals surface area contributed by atoms with E-state index in [2.05, 4.69) is 20.5 Å². The first-order valence-corrected chi connectivity index (χ1v) is 11.9.